The van der Waals surface area contributed by atoms with E-state index in [1.165, 1.54) is 27.8 Å². The fourth-order valence-corrected chi connectivity index (χ4v) is 5.94. The van der Waals surface area contributed by atoms with Crippen molar-refractivity contribution in [2.45, 2.75) is 98.4 Å². The molecule has 1 aliphatic heterocycles. The van der Waals surface area contributed by atoms with Gasteiger partial charge in [-0.05, 0) is 96.4 Å². The molecule has 1 aliphatic carbocycles. The van der Waals surface area contributed by atoms with Gasteiger partial charge in [-0.1, -0.05) is 64.4 Å². The molecule has 0 radical (unpaired) electrons. The monoisotopic (exact) mass is 527 g/mol. The second kappa shape index (κ2) is 10.4. The third kappa shape index (κ3) is 5.79. The molecule has 2 aromatic carbocycles. The van der Waals surface area contributed by atoms with E-state index in [0.29, 0.717) is 23.6 Å². The number of aryl methyl sites for hydroxylation is 2. The molecule has 2 aromatic rings. The van der Waals surface area contributed by atoms with Crippen molar-refractivity contribution >= 4 is 11.7 Å². The van der Waals surface area contributed by atoms with Gasteiger partial charge in [-0.2, -0.15) is 13.2 Å². The highest BCUT2D eigenvalue weighted by Gasteiger charge is 2.42. The van der Waals surface area contributed by atoms with Crippen LogP contribution in [0.3, 0.4) is 0 Å². The number of benzene rings is 2. The summed E-state index contributed by atoms with van der Waals surface area (Å²) in [6, 6.07) is 10.3. The summed E-state index contributed by atoms with van der Waals surface area (Å²) in [4.78, 5) is 14.8. The lowest BCUT2D eigenvalue weighted by atomic mass is 9.72. The summed E-state index contributed by atoms with van der Waals surface area (Å²) in [6.07, 6.45) is -1.90. The van der Waals surface area contributed by atoms with Crippen LogP contribution in [0, 0.1) is 12.3 Å². The van der Waals surface area contributed by atoms with Crippen LogP contribution in [0.2, 0.25) is 0 Å². The number of amides is 1. The van der Waals surface area contributed by atoms with Crippen LogP contribution in [0.25, 0.3) is 5.57 Å². The quantitative estimate of drug-likeness (QED) is 0.375. The molecule has 2 aliphatic rings. The van der Waals surface area contributed by atoms with E-state index < -0.39 is 30.0 Å². The van der Waals surface area contributed by atoms with Crippen molar-refractivity contribution in [3.05, 3.63) is 75.4 Å². The molecule has 0 spiro atoms. The number of hydrogen-bond donors (Lipinski definition) is 0. The molecule has 38 heavy (non-hydrogen) atoms. The van der Waals surface area contributed by atoms with Crippen LogP contribution >= 0.6 is 0 Å². The lowest BCUT2D eigenvalue weighted by Gasteiger charge is -2.36. The van der Waals surface area contributed by atoms with Crippen molar-refractivity contribution in [2.75, 3.05) is 6.54 Å². The zero-order valence-corrected chi connectivity index (χ0v) is 23.6. The SMILES string of the molecule is CCc1ccc(C(C)C)cc1C1=C(CN2C(=O)O[C@H](c3cc(C)cc(C(F)(F)F)c3)[C@@H]2C)CC(C)(C)CC1. The number of carbonyl (C=O) groups is 1. The molecular formula is C32H40F3NO2. The summed E-state index contributed by atoms with van der Waals surface area (Å²) >= 11 is 0. The van der Waals surface area contributed by atoms with Crippen molar-refractivity contribution in [1.29, 1.82) is 0 Å². The zero-order chi connectivity index (χ0) is 28.0. The van der Waals surface area contributed by atoms with E-state index in [4.69, 9.17) is 4.74 Å². The average Bonchev–Trinajstić information content (AvgIpc) is 3.10. The molecule has 1 fully saturated rings. The summed E-state index contributed by atoms with van der Waals surface area (Å²) in [5, 5.41) is 0. The van der Waals surface area contributed by atoms with E-state index in [1.54, 1.807) is 17.9 Å². The second-order valence-corrected chi connectivity index (χ2v) is 12.2. The Morgan fingerprint density at radius 3 is 2.47 bits per heavy atom. The Morgan fingerprint density at radius 2 is 1.84 bits per heavy atom. The first-order chi connectivity index (χ1) is 17.7. The van der Waals surface area contributed by atoms with Crippen molar-refractivity contribution in [1.82, 2.24) is 4.90 Å². The second-order valence-electron chi connectivity index (χ2n) is 12.2. The first-order valence-electron chi connectivity index (χ1n) is 13.7. The molecular weight excluding hydrogens is 487 g/mol. The minimum absolute atomic E-state index is 0.102. The maximum absolute atomic E-state index is 13.5. The van der Waals surface area contributed by atoms with Crippen LogP contribution in [0.5, 0.6) is 0 Å². The summed E-state index contributed by atoms with van der Waals surface area (Å²) in [5.41, 5.74) is 6.66. The molecule has 3 nitrogen and oxygen atoms in total. The molecule has 206 valence electrons. The van der Waals surface area contributed by atoms with E-state index in [-0.39, 0.29) is 5.41 Å². The van der Waals surface area contributed by atoms with E-state index in [0.717, 1.165) is 37.8 Å². The fourth-order valence-electron chi connectivity index (χ4n) is 5.94. The van der Waals surface area contributed by atoms with Gasteiger partial charge in [0.15, 0.2) is 0 Å². The smallest absolute Gasteiger partial charge is 0.416 e. The minimum atomic E-state index is -4.46. The number of allylic oxidation sites excluding steroid dienone is 1. The van der Waals surface area contributed by atoms with Crippen molar-refractivity contribution in [3.8, 4) is 0 Å². The summed E-state index contributed by atoms with van der Waals surface area (Å²) in [7, 11) is 0. The molecule has 0 unspecified atom stereocenters. The molecule has 0 aromatic heterocycles. The van der Waals surface area contributed by atoms with E-state index >= 15 is 0 Å². The van der Waals surface area contributed by atoms with Gasteiger partial charge in [0.2, 0.25) is 0 Å². The van der Waals surface area contributed by atoms with Gasteiger partial charge in [0.05, 0.1) is 11.6 Å². The highest BCUT2D eigenvalue weighted by atomic mass is 19.4. The van der Waals surface area contributed by atoms with Gasteiger partial charge in [0, 0.05) is 6.54 Å². The minimum Gasteiger partial charge on any atom is -0.439 e. The molecule has 0 bridgehead atoms. The number of hydrogen-bond acceptors (Lipinski definition) is 2. The first-order valence-corrected chi connectivity index (χ1v) is 13.7. The Morgan fingerprint density at radius 1 is 1.13 bits per heavy atom. The van der Waals surface area contributed by atoms with Gasteiger partial charge in [-0.15, -0.1) is 0 Å². The third-order valence-corrected chi connectivity index (χ3v) is 8.19. The van der Waals surface area contributed by atoms with Crippen LogP contribution in [0.15, 0.2) is 42.0 Å². The van der Waals surface area contributed by atoms with Gasteiger partial charge >= 0.3 is 12.3 Å². The molecule has 6 heteroatoms. The van der Waals surface area contributed by atoms with Crippen molar-refractivity contribution in [2.24, 2.45) is 5.41 Å². The maximum Gasteiger partial charge on any atom is 0.416 e. The largest absolute Gasteiger partial charge is 0.439 e. The highest BCUT2D eigenvalue weighted by molar-refractivity contribution is 5.76. The number of alkyl halides is 3. The van der Waals surface area contributed by atoms with Gasteiger partial charge in [-0.25, -0.2) is 4.79 Å². The molecule has 1 heterocycles. The predicted molar refractivity (Wildman–Crippen MR) is 146 cm³/mol. The Kier molecular flexibility index (Phi) is 7.75. The normalized spacial score (nSPS) is 21.9. The van der Waals surface area contributed by atoms with Crippen LogP contribution in [0.4, 0.5) is 18.0 Å². The lowest BCUT2D eigenvalue weighted by molar-refractivity contribution is -0.137. The molecule has 2 atom stereocenters. The van der Waals surface area contributed by atoms with E-state index in [9.17, 15) is 18.0 Å². The third-order valence-electron chi connectivity index (χ3n) is 8.19. The zero-order valence-electron chi connectivity index (χ0n) is 23.6. The Hall–Kier alpha value is -2.76. The predicted octanol–water partition coefficient (Wildman–Crippen LogP) is 9.25. The lowest BCUT2D eigenvalue weighted by Crippen LogP contribution is -2.35. The fraction of sp³-hybridized carbons (Fsp3) is 0.531. The van der Waals surface area contributed by atoms with Crippen molar-refractivity contribution < 1.29 is 22.7 Å². The van der Waals surface area contributed by atoms with Gasteiger partial charge in [-0.3, -0.25) is 4.90 Å². The Balaban J connectivity index is 1.72. The van der Waals surface area contributed by atoms with Gasteiger partial charge < -0.3 is 4.74 Å². The number of ether oxygens (including phenoxy) is 1. The summed E-state index contributed by atoms with van der Waals surface area (Å²) in [6.45, 7) is 15.0. The number of cyclic esters (lactones) is 1. The number of carbonyl (C=O) groups excluding carboxylic acids is 1. The number of halogens is 3. The van der Waals surface area contributed by atoms with Crippen LogP contribution in [-0.4, -0.2) is 23.6 Å². The summed E-state index contributed by atoms with van der Waals surface area (Å²) < 4.78 is 46.2. The first kappa shape index (κ1) is 28.3. The molecule has 1 amide bonds. The molecule has 4 rings (SSSR count). The molecule has 0 N–H and O–H groups in total. The van der Waals surface area contributed by atoms with Crippen molar-refractivity contribution in [3.63, 3.8) is 0 Å². The Labute approximate surface area is 225 Å². The van der Waals surface area contributed by atoms with E-state index in [2.05, 4.69) is 52.8 Å². The molecule has 1 saturated heterocycles. The van der Waals surface area contributed by atoms with E-state index in [1.807, 2.05) is 6.92 Å². The van der Waals surface area contributed by atoms with Gasteiger partial charge in [0.25, 0.3) is 0 Å². The maximum atomic E-state index is 13.5. The molecule has 0 saturated carbocycles. The van der Waals surface area contributed by atoms with Gasteiger partial charge in [0.1, 0.15) is 6.10 Å². The summed E-state index contributed by atoms with van der Waals surface area (Å²) in [5.74, 6) is 0.411. The van der Waals surface area contributed by atoms with Crippen LogP contribution in [-0.2, 0) is 17.3 Å². The standard InChI is InChI=1S/C32H40F3NO2/c1-8-22-9-10-23(19(2)3)16-28(22)27-11-12-31(6,7)17-25(27)18-36-21(5)29(38-30(36)37)24-13-20(4)14-26(15-24)32(33,34)35/h9-10,13-16,19,21,29H,8,11-12,17-18H2,1-7H3/t21-,29-/m0/s1. The average molecular weight is 528 g/mol. The highest BCUT2D eigenvalue weighted by Crippen LogP contribution is 2.45. The number of rotatable bonds is 6. The van der Waals surface area contributed by atoms with Crippen LogP contribution < -0.4 is 0 Å². The topological polar surface area (TPSA) is 29.5 Å². The Bertz CT molecular complexity index is 1240. The van der Waals surface area contributed by atoms with Crippen LogP contribution in [0.1, 0.15) is 106 Å². The number of nitrogens with zero attached hydrogens (tertiary/aromatic N) is 1.